The Balaban J connectivity index is 2.54. The number of nitrogens with zero attached hydrogens (tertiary/aromatic N) is 4. The van der Waals surface area contributed by atoms with E-state index in [1.54, 1.807) is 6.92 Å². The summed E-state index contributed by atoms with van der Waals surface area (Å²) in [6, 6.07) is 9.40. The molecule has 1 N–H and O–H groups in total. The average molecular weight is 322 g/mol. The van der Waals surface area contributed by atoms with Crippen LogP contribution in [0.5, 0.6) is 5.88 Å². The summed E-state index contributed by atoms with van der Waals surface area (Å²) in [5.41, 5.74) is 1.60. The second-order valence-electron chi connectivity index (χ2n) is 5.21. The lowest BCUT2D eigenvalue weighted by molar-refractivity contribution is 0.414. The highest BCUT2D eigenvalue weighted by Crippen LogP contribution is 2.26. The fraction of sp³-hybridized carbons (Fsp3) is 0.222. The van der Waals surface area contributed by atoms with Gasteiger partial charge in [-0.1, -0.05) is 25.1 Å². The molecule has 0 spiro atoms. The van der Waals surface area contributed by atoms with Gasteiger partial charge in [0.25, 0.3) is 5.56 Å². The van der Waals surface area contributed by atoms with E-state index in [1.807, 2.05) is 30.3 Å². The Kier molecular flexibility index (Phi) is 5.27. The van der Waals surface area contributed by atoms with E-state index < -0.39 is 5.56 Å². The van der Waals surface area contributed by atoms with Crippen molar-refractivity contribution in [3.8, 4) is 11.9 Å². The summed E-state index contributed by atoms with van der Waals surface area (Å²) in [4.78, 5) is 12.5. The summed E-state index contributed by atoms with van der Waals surface area (Å²) in [5.74, 6) is -0.383. The monoisotopic (exact) mass is 322 g/mol. The predicted octanol–water partition coefficient (Wildman–Crippen LogP) is 3.90. The first-order valence-electron chi connectivity index (χ1n) is 7.51. The van der Waals surface area contributed by atoms with Gasteiger partial charge in [0.1, 0.15) is 11.6 Å². The molecule has 6 heteroatoms. The summed E-state index contributed by atoms with van der Waals surface area (Å²) in [7, 11) is 0. The molecule has 1 heterocycles. The highest BCUT2D eigenvalue weighted by Gasteiger charge is 2.18. The number of hydrogen-bond donors (Lipinski definition) is 1. The summed E-state index contributed by atoms with van der Waals surface area (Å²) >= 11 is 0. The molecule has 0 aliphatic carbocycles. The Morgan fingerprint density at radius 3 is 2.54 bits per heavy atom. The third-order valence-electron chi connectivity index (χ3n) is 3.69. The molecule has 0 aliphatic rings. The number of allylic oxidation sites excluding steroid dienone is 1. The first kappa shape index (κ1) is 17.2. The number of aryl methyl sites for hydroxylation is 1. The summed E-state index contributed by atoms with van der Waals surface area (Å²) in [6.07, 6.45) is 2.38. The minimum absolute atomic E-state index is 0.00623. The Hall–Kier alpha value is -3.20. The summed E-state index contributed by atoms with van der Waals surface area (Å²) < 4.78 is 1.05. The number of nitriles is 1. The van der Waals surface area contributed by atoms with Gasteiger partial charge < -0.3 is 5.11 Å². The first-order chi connectivity index (χ1) is 11.5. The lowest BCUT2D eigenvalue weighted by atomic mass is 10.1. The van der Waals surface area contributed by atoms with Gasteiger partial charge in [-0.25, -0.2) is 0 Å². The van der Waals surface area contributed by atoms with Crippen molar-refractivity contribution >= 4 is 11.4 Å². The Bertz CT molecular complexity index is 887. The molecule has 122 valence electrons. The van der Waals surface area contributed by atoms with Gasteiger partial charge in [-0.2, -0.15) is 10.4 Å². The SMILES string of the molecule is C=CCn1c(O)c(C#N)c(C)c(N=Nc2ccc(CC)cc2)c1=O. The number of aromatic hydroxyl groups is 1. The van der Waals surface area contributed by atoms with Crippen molar-refractivity contribution in [3.63, 3.8) is 0 Å². The third-order valence-corrected chi connectivity index (χ3v) is 3.69. The molecule has 2 aromatic rings. The first-order valence-corrected chi connectivity index (χ1v) is 7.51. The molecule has 6 nitrogen and oxygen atoms in total. The molecule has 24 heavy (non-hydrogen) atoms. The van der Waals surface area contributed by atoms with Gasteiger partial charge in [-0.15, -0.1) is 11.7 Å². The third kappa shape index (κ3) is 3.25. The zero-order valence-corrected chi connectivity index (χ0v) is 13.7. The molecule has 0 atom stereocenters. The number of aromatic nitrogens is 1. The Morgan fingerprint density at radius 1 is 1.33 bits per heavy atom. The molecule has 0 saturated carbocycles. The largest absolute Gasteiger partial charge is 0.493 e. The van der Waals surface area contributed by atoms with Gasteiger partial charge in [0, 0.05) is 12.1 Å². The van der Waals surface area contributed by atoms with Gasteiger partial charge in [-0.3, -0.25) is 9.36 Å². The van der Waals surface area contributed by atoms with Crippen molar-refractivity contribution in [2.45, 2.75) is 26.8 Å². The molecular weight excluding hydrogens is 304 g/mol. The van der Waals surface area contributed by atoms with Crippen LogP contribution in [0.4, 0.5) is 11.4 Å². The van der Waals surface area contributed by atoms with Gasteiger partial charge in [-0.05, 0) is 31.0 Å². The van der Waals surface area contributed by atoms with Crippen molar-refractivity contribution in [1.29, 1.82) is 5.26 Å². The number of hydrogen-bond acceptors (Lipinski definition) is 5. The molecule has 0 saturated heterocycles. The average Bonchev–Trinajstić information content (AvgIpc) is 2.59. The minimum Gasteiger partial charge on any atom is -0.493 e. The molecule has 0 aliphatic heterocycles. The Labute approximate surface area is 140 Å². The highest BCUT2D eigenvalue weighted by molar-refractivity contribution is 5.56. The van der Waals surface area contributed by atoms with Crippen LogP contribution in [-0.2, 0) is 13.0 Å². The molecule has 0 radical (unpaired) electrons. The van der Waals surface area contributed by atoms with Crippen LogP contribution in [0.2, 0.25) is 0 Å². The quantitative estimate of drug-likeness (QED) is 0.668. The van der Waals surface area contributed by atoms with E-state index in [4.69, 9.17) is 0 Å². The van der Waals surface area contributed by atoms with E-state index in [0.717, 1.165) is 11.0 Å². The number of rotatable bonds is 5. The zero-order chi connectivity index (χ0) is 17.7. The molecule has 2 rings (SSSR count). The maximum atomic E-state index is 12.5. The highest BCUT2D eigenvalue weighted by atomic mass is 16.3. The van der Waals surface area contributed by atoms with Crippen LogP contribution < -0.4 is 5.56 Å². The lowest BCUT2D eigenvalue weighted by Crippen LogP contribution is -2.21. The molecule has 0 bridgehead atoms. The fourth-order valence-corrected chi connectivity index (χ4v) is 2.26. The van der Waals surface area contributed by atoms with Crippen LogP contribution in [0.1, 0.15) is 23.6 Å². The molecule has 1 aromatic carbocycles. The van der Waals surface area contributed by atoms with E-state index in [0.29, 0.717) is 11.3 Å². The van der Waals surface area contributed by atoms with Gasteiger partial charge in [0.2, 0.25) is 5.88 Å². The summed E-state index contributed by atoms with van der Waals surface area (Å²) in [6.45, 7) is 7.24. The summed E-state index contributed by atoms with van der Waals surface area (Å²) in [5, 5.41) is 27.4. The fourth-order valence-electron chi connectivity index (χ4n) is 2.26. The van der Waals surface area contributed by atoms with E-state index in [2.05, 4.69) is 23.7 Å². The second-order valence-corrected chi connectivity index (χ2v) is 5.21. The van der Waals surface area contributed by atoms with Crippen LogP contribution >= 0.6 is 0 Å². The van der Waals surface area contributed by atoms with Gasteiger partial charge in [0.05, 0.1) is 5.69 Å². The van der Waals surface area contributed by atoms with Crippen LogP contribution in [0, 0.1) is 18.3 Å². The predicted molar refractivity (Wildman–Crippen MR) is 92.0 cm³/mol. The van der Waals surface area contributed by atoms with E-state index in [-0.39, 0.29) is 23.7 Å². The second kappa shape index (κ2) is 7.38. The number of benzene rings is 1. The van der Waals surface area contributed by atoms with Crippen molar-refractivity contribution in [1.82, 2.24) is 4.57 Å². The number of pyridine rings is 1. The smallest absolute Gasteiger partial charge is 0.281 e. The van der Waals surface area contributed by atoms with Crippen molar-refractivity contribution < 1.29 is 5.11 Å². The standard InChI is InChI=1S/C18H18N4O2/c1-4-10-22-17(23)15(11-19)12(3)16(18(22)24)21-20-14-8-6-13(5-2)7-9-14/h4,6-9,23H,1,5,10H2,2-3H3. The van der Waals surface area contributed by atoms with Crippen LogP contribution in [-0.4, -0.2) is 9.67 Å². The van der Waals surface area contributed by atoms with Crippen molar-refractivity contribution in [3.05, 3.63) is 64.0 Å². The van der Waals surface area contributed by atoms with Gasteiger partial charge >= 0.3 is 0 Å². The van der Waals surface area contributed by atoms with E-state index >= 15 is 0 Å². The maximum Gasteiger partial charge on any atom is 0.281 e. The van der Waals surface area contributed by atoms with Crippen molar-refractivity contribution in [2.75, 3.05) is 0 Å². The zero-order valence-electron chi connectivity index (χ0n) is 13.7. The lowest BCUT2D eigenvalue weighted by Gasteiger charge is -2.11. The topological polar surface area (TPSA) is 90.7 Å². The molecule has 1 aromatic heterocycles. The number of azo groups is 1. The maximum absolute atomic E-state index is 12.5. The van der Waals surface area contributed by atoms with E-state index in [9.17, 15) is 15.2 Å². The molecular formula is C18H18N4O2. The van der Waals surface area contributed by atoms with Gasteiger partial charge in [0.15, 0.2) is 5.69 Å². The van der Waals surface area contributed by atoms with Crippen LogP contribution in [0.25, 0.3) is 0 Å². The normalized spacial score (nSPS) is 10.7. The Morgan fingerprint density at radius 2 is 2.00 bits per heavy atom. The molecule has 0 unspecified atom stereocenters. The van der Waals surface area contributed by atoms with E-state index in [1.165, 1.54) is 11.6 Å². The van der Waals surface area contributed by atoms with Crippen molar-refractivity contribution in [2.24, 2.45) is 10.2 Å². The molecule has 0 fully saturated rings. The minimum atomic E-state index is -0.516. The van der Waals surface area contributed by atoms with Crippen LogP contribution in [0.15, 0.2) is 51.9 Å². The van der Waals surface area contributed by atoms with Crippen LogP contribution in [0.3, 0.4) is 0 Å². The molecule has 0 amide bonds.